The van der Waals surface area contributed by atoms with Crippen LogP contribution < -0.4 is 5.32 Å². The van der Waals surface area contributed by atoms with Crippen LogP contribution in [0.4, 0.5) is 13.2 Å². The molecule has 1 atom stereocenters. The van der Waals surface area contributed by atoms with Crippen LogP contribution in [0.1, 0.15) is 30.0 Å². The minimum Gasteiger partial charge on any atom is -0.464 e. The van der Waals surface area contributed by atoms with E-state index in [1.165, 1.54) is 6.07 Å². The van der Waals surface area contributed by atoms with E-state index in [1.54, 1.807) is 19.1 Å². The van der Waals surface area contributed by atoms with Gasteiger partial charge in [0.15, 0.2) is 17.5 Å². The normalized spacial score (nSPS) is 12.7. The van der Waals surface area contributed by atoms with Crippen molar-refractivity contribution < 1.29 is 17.6 Å². The molecule has 102 valence electrons. The molecule has 1 N–H and O–H groups in total. The van der Waals surface area contributed by atoms with Crippen LogP contribution in [-0.2, 0) is 0 Å². The summed E-state index contributed by atoms with van der Waals surface area (Å²) in [5.74, 6) is -2.74. The average Bonchev–Trinajstić information content (AvgIpc) is 2.81. The Labute approximate surface area is 109 Å². The summed E-state index contributed by atoms with van der Waals surface area (Å²) in [6.07, 6.45) is 0. The Hall–Kier alpha value is -1.75. The molecule has 1 unspecified atom stereocenters. The molecule has 1 aromatic carbocycles. The molecule has 0 spiro atoms. The van der Waals surface area contributed by atoms with Gasteiger partial charge in [0.05, 0.1) is 6.04 Å². The predicted octanol–water partition coefficient (Wildman–Crippen LogP) is 3.70. The van der Waals surface area contributed by atoms with Crippen molar-refractivity contribution in [2.75, 3.05) is 6.54 Å². The van der Waals surface area contributed by atoms with E-state index < -0.39 is 23.5 Å². The highest BCUT2D eigenvalue weighted by molar-refractivity contribution is 5.30. The van der Waals surface area contributed by atoms with Crippen molar-refractivity contribution in [2.24, 2.45) is 0 Å². The van der Waals surface area contributed by atoms with Gasteiger partial charge in [-0.1, -0.05) is 13.0 Å². The third kappa shape index (κ3) is 2.66. The van der Waals surface area contributed by atoms with Gasteiger partial charge in [0.1, 0.15) is 11.5 Å². The summed E-state index contributed by atoms with van der Waals surface area (Å²) < 4.78 is 45.5. The SMILES string of the molecule is CCNC(c1ccc(C)o1)c1ccc(F)c(F)c1F. The Bertz CT molecular complexity index is 580. The van der Waals surface area contributed by atoms with E-state index in [1.807, 2.05) is 6.92 Å². The lowest BCUT2D eigenvalue weighted by Crippen LogP contribution is -2.23. The number of nitrogens with one attached hydrogen (secondary N) is 1. The largest absolute Gasteiger partial charge is 0.464 e. The summed E-state index contributed by atoms with van der Waals surface area (Å²) in [5.41, 5.74) is 0.0232. The van der Waals surface area contributed by atoms with Crippen LogP contribution in [0.15, 0.2) is 28.7 Å². The number of hydrogen-bond acceptors (Lipinski definition) is 2. The fourth-order valence-electron chi connectivity index (χ4n) is 1.94. The molecule has 0 aliphatic heterocycles. The van der Waals surface area contributed by atoms with Crippen LogP contribution in [-0.4, -0.2) is 6.54 Å². The van der Waals surface area contributed by atoms with Gasteiger partial charge in [0, 0.05) is 5.56 Å². The van der Waals surface area contributed by atoms with Gasteiger partial charge in [0.25, 0.3) is 0 Å². The maximum absolute atomic E-state index is 13.8. The van der Waals surface area contributed by atoms with Gasteiger partial charge < -0.3 is 9.73 Å². The molecule has 2 aromatic rings. The average molecular weight is 269 g/mol. The summed E-state index contributed by atoms with van der Waals surface area (Å²) in [6, 6.07) is 4.90. The maximum Gasteiger partial charge on any atom is 0.194 e. The summed E-state index contributed by atoms with van der Waals surface area (Å²) in [6.45, 7) is 4.12. The fourth-order valence-corrected chi connectivity index (χ4v) is 1.94. The molecule has 5 heteroatoms. The number of aryl methyl sites for hydroxylation is 1. The van der Waals surface area contributed by atoms with Crippen LogP contribution in [0.3, 0.4) is 0 Å². The number of halogens is 3. The first-order valence-electron chi connectivity index (χ1n) is 5.97. The van der Waals surface area contributed by atoms with E-state index in [0.717, 1.165) is 6.07 Å². The summed E-state index contributed by atoms with van der Waals surface area (Å²) in [7, 11) is 0. The molecular weight excluding hydrogens is 255 g/mol. The van der Waals surface area contributed by atoms with E-state index in [4.69, 9.17) is 4.42 Å². The zero-order chi connectivity index (χ0) is 14.0. The summed E-state index contributed by atoms with van der Waals surface area (Å²) in [5, 5.41) is 2.99. The van der Waals surface area contributed by atoms with Crippen molar-refractivity contribution in [3.05, 3.63) is 58.8 Å². The van der Waals surface area contributed by atoms with Gasteiger partial charge in [-0.15, -0.1) is 0 Å². The molecule has 0 amide bonds. The minimum atomic E-state index is -1.47. The molecule has 0 saturated heterocycles. The smallest absolute Gasteiger partial charge is 0.194 e. The second-order valence-electron chi connectivity index (χ2n) is 4.20. The van der Waals surface area contributed by atoms with E-state index in [-0.39, 0.29) is 5.56 Å². The minimum absolute atomic E-state index is 0.0232. The molecule has 0 bridgehead atoms. The van der Waals surface area contributed by atoms with Gasteiger partial charge in [-0.3, -0.25) is 0 Å². The lowest BCUT2D eigenvalue weighted by molar-refractivity contribution is 0.405. The first-order valence-corrected chi connectivity index (χ1v) is 5.97. The highest BCUT2D eigenvalue weighted by Gasteiger charge is 2.23. The van der Waals surface area contributed by atoms with Crippen molar-refractivity contribution >= 4 is 0 Å². The molecule has 2 rings (SSSR count). The lowest BCUT2D eigenvalue weighted by atomic mass is 10.0. The first kappa shape index (κ1) is 13.7. The molecular formula is C14H14F3NO. The van der Waals surface area contributed by atoms with E-state index in [0.29, 0.717) is 18.1 Å². The number of furan rings is 1. The first-order chi connectivity index (χ1) is 9.04. The van der Waals surface area contributed by atoms with Gasteiger partial charge in [-0.05, 0) is 31.7 Å². The molecule has 1 heterocycles. The Kier molecular flexibility index (Phi) is 3.95. The maximum atomic E-state index is 13.8. The van der Waals surface area contributed by atoms with Crippen molar-refractivity contribution in [1.82, 2.24) is 5.32 Å². The van der Waals surface area contributed by atoms with E-state index in [9.17, 15) is 13.2 Å². The van der Waals surface area contributed by atoms with Gasteiger partial charge in [0.2, 0.25) is 0 Å². The molecule has 0 radical (unpaired) electrons. The fraction of sp³-hybridized carbons (Fsp3) is 0.286. The zero-order valence-electron chi connectivity index (χ0n) is 10.6. The predicted molar refractivity (Wildman–Crippen MR) is 65.3 cm³/mol. The summed E-state index contributed by atoms with van der Waals surface area (Å²) in [4.78, 5) is 0. The van der Waals surface area contributed by atoms with Gasteiger partial charge in [-0.2, -0.15) is 0 Å². The summed E-state index contributed by atoms with van der Waals surface area (Å²) >= 11 is 0. The molecule has 2 nitrogen and oxygen atoms in total. The molecule has 19 heavy (non-hydrogen) atoms. The van der Waals surface area contributed by atoms with Crippen molar-refractivity contribution in [2.45, 2.75) is 19.9 Å². The van der Waals surface area contributed by atoms with Crippen LogP contribution in [0, 0.1) is 24.4 Å². The van der Waals surface area contributed by atoms with Crippen LogP contribution in [0.5, 0.6) is 0 Å². The zero-order valence-corrected chi connectivity index (χ0v) is 10.6. The van der Waals surface area contributed by atoms with Crippen molar-refractivity contribution in [3.8, 4) is 0 Å². The highest BCUT2D eigenvalue weighted by atomic mass is 19.2. The molecule has 0 aliphatic rings. The van der Waals surface area contributed by atoms with Crippen LogP contribution >= 0.6 is 0 Å². The second kappa shape index (κ2) is 5.48. The molecule has 1 aromatic heterocycles. The number of rotatable bonds is 4. The third-order valence-electron chi connectivity index (χ3n) is 2.83. The monoisotopic (exact) mass is 269 g/mol. The Morgan fingerprint density at radius 3 is 2.42 bits per heavy atom. The molecule has 0 saturated carbocycles. The Morgan fingerprint density at radius 1 is 1.11 bits per heavy atom. The second-order valence-corrected chi connectivity index (χ2v) is 4.20. The topological polar surface area (TPSA) is 25.2 Å². The quantitative estimate of drug-likeness (QED) is 0.856. The van der Waals surface area contributed by atoms with Crippen molar-refractivity contribution in [1.29, 1.82) is 0 Å². The van der Waals surface area contributed by atoms with E-state index in [2.05, 4.69) is 5.32 Å². The highest BCUT2D eigenvalue weighted by Crippen LogP contribution is 2.28. The van der Waals surface area contributed by atoms with E-state index >= 15 is 0 Å². The standard InChI is InChI=1S/C14H14F3NO/c1-3-18-14(11-7-4-8(2)19-11)9-5-6-10(15)13(17)12(9)16/h4-7,14,18H,3H2,1-2H3. The third-order valence-corrected chi connectivity index (χ3v) is 2.83. The number of hydrogen-bond donors (Lipinski definition) is 1. The van der Waals surface area contributed by atoms with Gasteiger partial charge >= 0.3 is 0 Å². The number of benzene rings is 1. The molecule has 0 fully saturated rings. The van der Waals surface area contributed by atoms with Crippen molar-refractivity contribution in [3.63, 3.8) is 0 Å². The van der Waals surface area contributed by atoms with Crippen LogP contribution in [0.25, 0.3) is 0 Å². The molecule has 0 aliphatic carbocycles. The van der Waals surface area contributed by atoms with Crippen LogP contribution in [0.2, 0.25) is 0 Å². The lowest BCUT2D eigenvalue weighted by Gasteiger charge is -2.17. The van der Waals surface area contributed by atoms with Gasteiger partial charge in [-0.25, -0.2) is 13.2 Å². The Morgan fingerprint density at radius 2 is 1.84 bits per heavy atom. The Balaban J connectivity index is 2.48.